The first-order valence-corrected chi connectivity index (χ1v) is 6.82. The predicted octanol–water partition coefficient (Wildman–Crippen LogP) is 4.32. The van der Waals surface area contributed by atoms with E-state index in [1.165, 1.54) is 5.56 Å². The largest absolute Gasteiger partial charge is 0.289 e. The monoisotopic (exact) mass is 254 g/mol. The summed E-state index contributed by atoms with van der Waals surface area (Å²) in [6, 6.07) is 19.5. The fourth-order valence-corrected chi connectivity index (χ4v) is 2.23. The normalized spacial score (nSPS) is 10.7. The third-order valence-electron chi connectivity index (χ3n) is 2.47. The molecule has 0 spiro atoms. The van der Waals surface area contributed by atoms with Gasteiger partial charge in [-0.25, -0.2) is 0 Å². The number of benzene rings is 2. The maximum absolute atomic E-state index is 11.8. The quantitative estimate of drug-likeness (QED) is 0.584. The highest BCUT2D eigenvalue weighted by molar-refractivity contribution is 8.01. The van der Waals surface area contributed by atoms with Crippen LogP contribution < -0.4 is 0 Å². The molecule has 0 saturated carbocycles. The molecule has 2 rings (SSSR count). The van der Waals surface area contributed by atoms with Gasteiger partial charge in [-0.3, -0.25) is 4.79 Å². The zero-order chi connectivity index (χ0) is 12.6. The Bertz CT molecular complexity index is 517. The molecule has 90 valence electrons. The number of carbonyl (C=O) groups is 1. The molecule has 0 aliphatic carbocycles. The minimum atomic E-state index is 0.0520. The van der Waals surface area contributed by atoms with Crippen molar-refractivity contribution in [3.63, 3.8) is 0 Å². The highest BCUT2D eigenvalue weighted by Gasteiger charge is 1.98. The lowest BCUT2D eigenvalue weighted by Crippen LogP contribution is -1.92. The van der Waals surface area contributed by atoms with Crippen LogP contribution in [0.15, 0.2) is 72.1 Å². The van der Waals surface area contributed by atoms with E-state index in [0.29, 0.717) is 0 Å². The molecule has 18 heavy (non-hydrogen) atoms. The third-order valence-corrected chi connectivity index (χ3v) is 3.30. The second-order valence-corrected chi connectivity index (χ2v) is 4.72. The summed E-state index contributed by atoms with van der Waals surface area (Å²) in [5.41, 5.74) is 1.99. The number of ketones is 1. The SMILES string of the molecule is O=C(/C=C\SCc1ccccc1)c1ccccc1. The fraction of sp³-hybridized carbons (Fsp3) is 0.0625. The van der Waals surface area contributed by atoms with Crippen molar-refractivity contribution >= 4 is 17.5 Å². The van der Waals surface area contributed by atoms with Crippen molar-refractivity contribution in [2.45, 2.75) is 5.75 Å². The Kier molecular flexibility index (Phi) is 4.79. The molecular formula is C16H14OS. The van der Waals surface area contributed by atoms with E-state index in [-0.39, 0.29) is 5.78 Å². The second kappa shape index (κ2) is 6.82. The molecule has 0 radical (unpaired) electrons. The van der Waals surface area contributed by atoms with Gasteiger partial charge in [-0.05, 0) is 17.0 Å². The smallest absolute Gasteiger partial charge is 0.186 e. The van der Waals surface area contributed by atoms with E-state index in [1.807, 2.05) is 53.9 Å². The molecule has 0 saturated heterocycles. The average molecular weight is 254 g/mol. The number of allylic oxidation sites excluding steroid dienone is 1. The zero-order valence-electron chi connectivity index (χ0n) is 9.95. The first-order valence-electron chi connectivity index (χ1n) is 5.78. The van der Waals surface area contributed by atoms with Gasteiger partial charge in [-0.1, -0.05) is 60.7 Å². The lowest BCUT2D eigenvalue weighted by atomic mass is 10.1. The molecule has 0 aromatic heterocycles. The highest BCUT2D eigenvalue weighted by Crippen LogP contribution is 2.13. The first kappa shape index (κ1) is 12.7. The summed E-state index contributed by atoms with van der Waals surface area (Å²) in [7, 11) is 0. The van der Waals surface area contributed by atoms with Crippen molar-refractivity contribution in [3.05, 3.63) is 83.3 Å². The van der Waals surface area contributed by atoms with Crippen molar-refractivity contribution in [3.8, 4) is 0 Å². The number of thioether (sulfide) groups is 1. The lowest BCUT2D eigenvalue weighted by Gasteiger charge is -1.96. The Morgan fingerprint density at radius 1 is 0.944 bits per heavy atom. The van der Waals surface area contributed by atoms with Gasteiger partial charge in [-0.2, -0.15) is 0 Å². The molecule has 0 atom stereocenters. The molecule has 1 nitrogen and oxygen atoms in total. The highest BCUT2D eigenvalue weighted by atomic mass is 32.2. The van der Waals surface area contributed by atoms with Gasteiger partial charge in [0.25, 0.3) is 0 Å². The molecule has 0 aliphatic rings. The Hall–Kier alpha value is -1.80. The molecule has 0 aliphatic heterocycles. The van der Waals surface area contributed by atoms with Crippen LogP contribution >= 0.6 is 11.8 Å². The van der Waals surface area contributed by atoms with Crippen LogP contribution in [0.4, 0.5) is 0 Å². The fourth-order valence-electron chi connectivity index (χ4n) is 1.53. The Morgan fingerprint density at radius 3 is 2.22 bits per heavy atom. The molecule has 2 heteroatoms. The van der Waals surface area contributed by atoms with E-state index in [9.17, 15) is 4.79 Å². The Morgan fingerprint density at radius 2 is 1.56 bits per heavy atom. The summed E-state index contributed by atoms with van der Waals surface area (Å²) in [6.45, 7) is 0. The van der Waals surface area contributed by atoms with Crippen molar-refractivity contribution < 1.29 is 4.79 Å². The molecule has 2 aromatic rings. The predicted molar refractivity (Wildman–Crippen MR) is 77.6 cm³/mol. The third kappa shape index (κ3) is 3.90. The zero-order valence-corrected chi connectivity index (χ0v) is 10.8. The van der Waals surface area contributed by atoms with Gasteiger partial charge in [0.1, 0.15) is 0 Å². The maximum Gasteiger partial charge on any atom is 0.186 e. The summed E-state index contributed by atoms with van der Waals surface area (Å²) >= 11 is 1.63. The van der Waals surface area contributed by atoms with Gasteiger partial charge in [-0.15, -0.1) is 11.8 Å². The molecule has 2 aromatic carbocycles. The Balaban J connectivity index is 1.84. The van der Waals surface area contributed by atoms with E-state index in [1.54, 1.807) is 17.8 Å². The minimum Gasteiger partial charge on any atom is -0.289 e. The van der Waals surface area contributed by atoms with Crippen LogP contribution in [-0.4, -0.2) is 5.78 Å². The van der Waals surface area contributed by atoms with E-state index >= 15 is 0 Å². The number of carbonyl (C=O) groups excluding carboxylic acids is 1. The standard InChI is InChI=1S/C16H14OS/c17-16(15-9-5-2-6-10-15)11-12-18-13-14-7-3-1-4-8-14/h1-12H,13H2/b12-11-. The summed E-state index contributed by atoms with van der Waals surface area (Å²) in [6.07, 6.45) is 1.63. The van der Waals surface area contributed by atoms with Crippen LogP contribution in [0.5, 0.6) is 0 Å². The lowest BCUT2D eigenvalue weighted by molar-refractivity contribution is 0.104. The summed E-state index contributed by atoms with van der Waals surface area (Å²) in [5.74, 6) is 0.940. The minimum absolute atomic E-state index is 0.0520. The summed E-state index contributed by atoms with van der Waals surface area (Å²) in [4.78, 5) is 11.8. The van der Waals surface area contributed by atoms with Crippen LogP contribution in [0.2, 0.25) is 0 Å². The van der Waals surface area contributed by atoms with Crippen molar-refractivity contribution in [1.29, 1.82) is 0 Å². The van der Waals surface area contributed by atoms with Gasteiger partial charge in [0, 0.05) is 11.3 Å². The van der Waals surface area contributed by atoms with Crippen LogP contribution in [0.1, 0.15) is 15.9 Å². The topological polar surface area (TPSA) is 17.1 Å². The van der Waals surface area contributed by atoms with Gasteiger partial charge < -0.3 is 0 Å². The van der Waals surface area contributed by atoms with E-state index in [2.05, 4.69) is 12.1 Å². The molecule has 0 unspecified atom stereocenters. The van der Waals surface area contributed by atoms with Crippen LogP contribution in [-0.2, 0) is 5.75 Å². The number of rotatable bonds is 5. The van der Waals surface area contributed by atoms with Crippen molar-refractivity contribution in [1.82, 2.24) is 0 Å². The van der Waals surface area contributed by atoms with Crippen LogP contribution in [0.3, 0.4) is 0 Å². The Labute approximate surface area is 112 Å². The van der Waals surface area contributed by atoms with Crippen molar-refractivity contribution in [2.24, 2.45) is 0 Å². The van der Waals surface area contributed by atoms with E-state index < -0.39 is 0 Å². The van der Waals surface area contributed by atoms with Crippen molar-refractivity contribution in [2.75, 3.05) is 0 Å². The molecule has 0 fully saturated rings. The molecule has 0 bridgehead atoms. The van der Waals surface area contributed by atoms with E-state index in [4.69, 9.17) is 0 Å². The number of hydrogen-bond donors (Lipinski definition) is 0. The summed E-state index contributed by atoms with van der Waals surface area (Å²) < 4.78 is 0. The van der Waals surface area contributed by atoms with Crippen LogP contribution in [0.25, 0.3) is 0 Å². The molecular weight excluding hydrogens is 240 g/mol. The first-order chi connectivity index (χ1) is 8.86. The number of hydrogen-bond acceptors (Lipinski definition) is 2. The molecule has 0 heterocycles. The van der Waals surface area contributed by atoms with Gasteiger partial charge in [0.2, 0.25) is 0 Å². The molecule has 0 N–H and O–H groups in total. The second-order valence-electron chi connectivity index (χ2n) is 3.83. The summed E-state index contributed by atoms with van der Waals surface area (Å²) in [5, 5.41) is 1.86. The molecule has 0 amide bonds. The van der Waals surface area contributed by atoms with E-state index in [0.717, 1.165) is 11.3 Å². The van der Waals surface area contributed by atoms with Gasteiger partial charge in [0.15, 0.2) is 5.78 Å². The van der Waals surface area contributed by atoms with Crippen LogP contribution in [0, 0.1) is 0 Å². The van der Waals surface area contributed by atoms with Gasteiger partial charge >= 0.3 is 0 Å². The average Bonchev–Trinajstić information content (AvgIpc) is 2.45. The maximum atomic E-state index is 11.8. The van der Waals surface area contributed by atoms with Gasteiger partial charge in [0.05, 0.1) is 0 Å².